The zero-order chi connectivity index (χ0) is 23.5. The number of hydrogen-bond acceptors (Lipinski definition) is 5. The van der Waals surface area contributed by atoms with Crippen LogP contribution in [0, 0.1) is 22.0 Å². The Morgan fingerprint density at radius 3 is 2.21 bits per heavy atom. The van der Waals surface area contributed by atoms with E-state index in [1.54, 1.807) is 7.11 Å². The van der Waals surface area contributed by atoms with Gasteiger partial charge in [0.25, 0.3) is 0 Å². The number of halogens is 1. The summed E-state index contributed by atoms with van der Waals surface area (Å²) in [6, 6.07) is 22.9. The van der Waals surface area contributed by atoms with Crippen molar-refractivity contribution in [3.63, 3.8) is 0 Å². The van der Waals surface area contributed by atoms with Crippen LogP contribution < -0.4 is 4.74 Å². The number of nitrogens with zero attached hydrogens (tertiary/aromatic N) is 1. The maximum absolute atomic E-state index is 10.9. The highest BCUT2D eigenvalue weighted by Gasteiger charge is 2.16. The maximum Gasteiger partial charge on any atom is 0.232 e. The first-order valence-electron chi connectivity index (χ1n) is 10.3. The molecule has 0 aliphatic heterocycles. The van der Waals surface area contributed by atoms with Crippen molar-refractivity contribution in [3.05, 3.63) is 99.1 Å². The van der Waals surface area contributed by atoms with Gasteiger partial charge in [-0.25, -0.2) is 0 Å². The second-order valence-corrected chi connectivity index (χ2v) is 7.63. The van der Waals surface area contributed by atoms with Gasteiger partial charge in [0, 0.05) is 15.5 Å². The Bertz CT molecular complexity index is 1090. The van der Waals surface area contributed by atoms with Gasteiger partial charge in [-0.2, -0.15) is 0 Å². The van der Waals surface area contributed by atoms with Gasteiger partial charge in [0.15, 0.2) is 0 Å². The predicted octanol–water partition coefficient (Wildman–Crippen LogP) is 5.25. The van der Waals surface area contributed by atoms with Crippen molar-refractivity contribution >= 4 is 11.6 Å². The summed E-state index contributed by atoms with van der Waals surface area (Å²) in [5.74, 6) is 6.68. The zero-order valence-corrected chi connectivity index (χ0v) is 19.0. The monoisotopic (exact) mass is 465 g/mol. The van der Waals surface area contributed by atoms with Crippen molar-refractivity contribution in [1.82, 2.24) is 0 Å². The topological polar surface area (TPSA) is 70.8 Å². The van der Waals surface area contributed by atoms with Crippen molar-refractivity contribution in [2.45, 2.75) is 12.7 Å². The number of hydrogen-bond donors (Lipinski definition) is 0. The molecule has 0 bridgehead atoms. The minimum Gasteiger partial charge on any atom is -0.497 e. The molecule has 0 saturated heterocycles. The fourth-order valence-electron chi connectivity index (χ4n) is 3.04. The molecule has 0 aliphatic rings. The third-order valence-electron chi connectivity index (χ3n) is 4.77. The summed E-state index contributed by atoms with van der Waals surface area (Å²) in [4.78, 5) is 10.5. The summed E-state index contributed by atoms with van der Waals surface area (Å²) < 4.78 is 16.3. The van der Waals surface area contributed by atoms with Gasteiger partial charge in [-0.3, -0.25) is 10.1 Å². The smallest absolute Gasteiger partial charge is 0.232 e. The Morgan fingerprint density at radius 1 is 0.970 bits per heavy atom. The van der Waals surface area contributed by atoms with E-state index in [4.69, 9.17) is 25.8 Å². The van der Waals surface area contributed by atoms with E-state index in [2.05, 4.69) is 11.8 Å². The van der Waals surface area contributed by atoms with Crippen LogP contribution in [0.4, 0.5) is 0 Å². The van der Waals surface area contributed by atoms with E-state index in [9.17, 15) is 10.1 Å². The third kappa shape index (κ3) is 8.24. The number of ether oxygens (including phenoxy) is 3. The molecule has 3 aromatic rings. The lowest BCUT2D eigenvalue weighted by Crippen LogP contribution is -2.28. The standard InChI is InChI=1S/C26H24ClNO5/c1-31-25-14-6-21(7-15-25)18-32-19-26(17-28(29)30)33-16-2-3-20-4-8-22(9-5-20)23-10-12-24(27)13-11-23/h4-15,26H,16-19H2,1H3. The molecule has 0 heterocycles. The van der Waals surface area contributed by atoms with Crippen LogP contribution in [-0.2, 0) is 16.1 Å². The molecule has 0 amide bonds. The molecule has 0 radical (unpaired) electrons. The van der Waals surface area contributed by atoms with Crippen LogP contribution >= 0.6 is 11.6 Å². The second kappa shape index (κ2) is 12.6. The van der Waals surface area contributed by atoms with E-state index in [0.29, 0.717) is 11.6 Å². The van der Waals surface area contributed by atoms with Gasteiger partial charge in [0.2, 0.25) is 6.54 Å². The fraction of sp³-hybridized carbons (Fsp3) is 0.231. The minimum absolute atomic E-state index is 0.0728. The van der Waals surface area contributed by atoms with Gasteiger partial charge < -0.3 is 14.2 Å². The Balaban J connectivity index is 1.48. The molecule has 7 heteroatoms. The molecule has 3 rings (SSSR count). The summed E-state index contributed by atoms with van der Waals surface area (Å²) in [5.41, 5.74) is 3.91. The molecule has 0 saturated carbocycles. The predicted molar refractivity (Wildman–Crippen MR) is 128 cm³/mol. The normalized spacial score (nSPS) is 11.3. The molecule has 0 fully saturated rings. The minimum atomic E-state index is -0.681. The van der Waals surface area contributed by atoms with Crippen molar-refractivity contribution in [1.29, 1.82) is 0 Å². The lowest BCUT2D eigenvalue weighted by atomic mass is 10.0. The molecule has 0 N–H and O–H groups in total. The van der Waals surface area contributed by atoms with Crippen LogP contribution in [-0.4, -0.2) is 37.9 Å². The lowest BCUT2D eigenvalue weighted by Gasteiger charge is -2.13. The highest BCUT2D eigenvalue weighted by Crippen LogP contribution is 2.21. The van der Waals surface area contributed by atoms with Gasteiger partial charge >= 0.3 is 0 Å². The van der Waals surface area contributed by atoms with Gasteiger partial charge in [-0.15, -0.1) is 0 Å². The fourth-order valence-corrected chi connectivity index (χ4v) is 3.16. The summed E-state index contributed by atoms with van der Waals surface area (Å²) >= 11 is 5.93. The van der Waals surface area contributed by atoms with Crippen LogP contribution in [0.5, 0.6) is 5.75 Å². The van der Waals surface area contributed by atoms with E-state index in [1.807, 2.05) is 72.8 Å². The maximum atomic E-state index is 10.9. The number of rotatable bonds is 10. The first-order valence-corrected chi connectivity index (χ1v) is 10.7. The van der Waals surface area contributed by atoms with Crippen LogP contribution in [0.25, 0.3) is 11.1 Å². The highest BCUT2D eigenvalue weighted by atomic mass is 35.5. The molecule has 1 atom stereocenters. The van der Waals surface area contributed by atoms with Crippen LogP contribution in [0.1, 0.15) is 11.1 Å². The number of methoxy groups -OCH3 is 1. The second-order valence-electron chi connectivity index (χ2n) is 7.20. The largest absolute Gasteiger partial charge is 0.497 e. The van der Waals surface area contributed by atoms with Gasteiger partial charge in [0.1, 0.15) is 18.5 Å². The quantitative estimate of drug-likeness (QED) is 0.232. The molecule has 1 unspecified atom stereocenters. The van der Waals surface area contributed by atoms with Crippen molar-refractivity contribution in [2.24, 2.45) is 0 Å². The van der Waals surface area contributed by atoms with Crippen molar-refractivity contribution < 1.29 is 19.1 Å². The molecule has 6 nitrogen and oxygen atoms in total. The molecule has 170 valence electrons. The van der Waals surface area contributed by atoms with Gasteiger partial charge in [-0.1, -0.05) is 59.8 Å². The molecular formula is C26H24ClNO5. The highest BCUT2D eigenvalue weighted by molar-refractivity contribution is 6.30. The average Bonchev–Trinajstić information content (AvgIpc) is 2.83. The summed E-state index contributed by atoms with van der Waals surface area (Å²) in [7, 11) is 1.60. The summed E-state index contributed by atoms with van der Waals surface area (Å²) in [5, 5.41) is 11.6. The Kier molecular flexibility index (Phi) is 9.28. The molecule has 0 aliphatic carbocycles. The van der Waals surface area contributed by atoms with E-state index < -0.39 is 11.0 Å². The van der Waals surface area contributed by atoms with Crippen molar-refractivity contribution in [2.75, 3.05) is 26.9 Å². The van der Waals surface area contributed by atoms with E-state index >= 15 is 0 Å². The van der Waals surface area contributed by atoms with E-state index in [1.165, 1.54) is 0 Å². The molecule has 0 aromatic heterocycles. The van der Waals surface area contributed by atoms with E-state index in [0.717, 1.165) is 28.0 Å². The van der Waals surface area contributed by atoms with Crippen LogP contribution in [0.15, 0.2) is 72.8 Å². The summed E-state index contributed by atoms with van der Waals surface area (Å²) in [6.07, 6.45) is -0.681. The van der Waals surface area contributed by atoms with Crippen LogP contribution in [0.3, 0.4) is 0 Å². The van der Waals surface area contributed by atoms with Crippen molar-refractivity contribution in [3.8, 4) is 28.7 Å². The first-order chi connectivity index (χ1) is 16.0. The lowest BCUT2D eigenvalue weighted by molar-refractivity contribution is -0.492. The molecule has 0 spiro atoms. The van der Waals surface area contributed by atoms with Gasteiger partial charge in [0.05, 0.1) is 20.3 Å². The molecule has 3 aromatic carbocycles. The zero-order valence-electron chi connectivity index (χ0n) is 18.2. The molecular weight excluding hydrogens is 442 g/mol. The first kappa shape index (κ1) is 24.3. The third-order valence-corrected chi connectivity index (χ3v) is 5.02. The number of nitro groups is 1. The van der Waals surface area contributed by atoms with Gasteiger partial charge in [-0.05, 0) is 53.1 Å². The van der Waals surface area contributed by atoms with Crippen LogP contribution in [0.2, 0.25) is 5.02 Å². The Morgan fingerprint density at radius 2 is 1.61 bits per heavy atom. The Hall–Kier alpha value is -3.37. The summed E-state index contributed by atoms with van der Waals surface area (Å²) in [6.45, 7) is 0.154. The van der Waals surface area contributed by atoms with E-state index in [-0.39, 0.29) is 19.8 Å². The average molecular weight is 466 g/mol. The number of benzene rings is 3. The molecule has 33 heavy (non-hydrogen) atoms. The Labute approximate surface area is 198 Å². The SMILES string of the molecule is COc1ccc(COCC(C[N+](=O)[O-])OCC#Cc2ccc(-c3ccc(Cl)cc3)cc2)cc1.